The van der Waals surface area contributed by atoms with Gasteiger partial charge >= 0.3 is 0 Å². The van der Waals surface area contributed by atoms with Gasteiger partial charge in [-0.2, -0.15) is 0 Å². The Morgan fingerprint density at radius 2 is 1.90 bits per heavy atom. The largest absolute Gasteiger partial charge is 0.316 e. The summed E-state index contributed by atoms with van der Waals surface area (Å²) in [6, 6.07) is 8.78. The van der Waals surface area contributed by atoms with Gasteiger partial charge < -0.3 is 5.32 Å². The molecule has 2 aromatic rings. The number of benzene rings is 1. The van der Waals surface area contributed by atoms with Gasteiger partial charge in [0.05, 0.1) is 4.90 Å². The minimum absolute atomic E-state index is 0.285. The molecule has 1 aromatic heterocycles. The van der Waals surface area contributed by atoms with E-state index in [1.807, 2.05) is 30.6 Å². The molecule has 0 amide bonds. The summed E-state index contributed by atoms with van der Waals surface area (Å²) in [5.74, 6) is 0. The predicted molar refractivity (Wildman–Crippen MR) is 85.3 cm³/mol. The molecule has 4 nitrogen and oxygen atoms in total. The highest BCUT2D eigenvalue weighted by atomic mass is 79.9. The van der Waals surface area contributed by atoms with Crippen LogP contribution in [0.3, 0.4) is 0 Å². The molecule has 20 heavy (non-hydrogen) atoms. The molecular weight excluding hydrogens is 360 g/mol. The highest BCUT2D eigenvalue weighted by Gasteiger charge is 2.13. The zero-order valence-electron chi connectivity index (χ0n) is 10.9. The smallest absolute Gasteiger partial charge is 0.240 e. The topological polar surface area (TPSA) is 58.2 Å². The van der Waals surface area contributed by atoms with Crippen LogP contribution in [-0.2, 0) is 23.1 Å². The molecule has 0 aliphatic carbocycles. The molecule has 1 aromatic carbocycles. The summed E-state index contributed by atoms with van der Waals surface area (Å²) in [4.78, 5) is 1.25. The Balaban J connectivity index is 2.05. The van der Waals surface area contributed by atoms with Crippen LogP contribution in [0.5, 0.6) is 0 Å². The van der Waals surface area contributed by atoms with Crippen LogP contribution in [0.15, 0.2) is 45.1 Å². The first-order valence-electron chi connectivity index (χ1n) is 5.97. The summed E-state index contributed by atoms with van der Waals surface area (Å²) < 4.78 is 27.9. The Morgan fingerprint density at radius 3 is 2.45 bits per heavy atom. The summed E-state index contributed by atoms with van der Waals surface area (Å²) in [6.07, 6.45) is 0. The van der Waals surface area contributed by atoms with E-state index in [1.165, 1.54) is 11.3 Å². The van der Waals surface area contributed by atoms with E-state index in [2.05, 4.69) is 26.0 Å². The Morgan fingerprint density at radius 1 is 1.20 bits per heavy atom. The SMILES string of the molecule is CNCc1ccc(S(=O)(=O)NCc2cc(Br)cs2)cc1. The summed E-state index contributed by atoms with van der Waals surface area (Å²) in [5, 5.41) is 4.95. The second kappa shape index (κ2) is 6.82. The number of hydrogen-bond donors (Lipinski definition) is 2. The molecular formula is C13H15BrN2O2S2. The third-order valence-electron chi connectivity index (χ3n) is 2.67. The monoisotopic (exact) mass is 374 g/mol. The van der Waals surface area contributed by atoms with Gasteiger partial charge in [-0.15, -0.1) is 11.3 Å². The fraction of sp³-hybridized carbons (Fsp3) is 0.231. The quantitative estimate of drug-likeness (QED) is 0.816. The van der Waals surface area contributed by atoms with Crippen molar-refractivity contribution in [2.75, 3.05) is 7.05 Å². The molecule has 108 valence electrons. The zero-order chi connectivity index (χ0) is 14.6. The normalized spacial score (nSPS) is 11.7. The van der Waals surface area contributed by atoms with Crippen LogP contribution in [0.1, 0.15) is 10.4 Å². The predicted octanol–water partition coefficient (Wildman–Crippen LogP) is 2.71. The van der Waals surface area contributed by atoms with Crippen molar-refractivity contribution >= 4 is 37.3 Å². The van der Waals surface area contributed by atoms with E-state index in [9.17, 15) is 8.42 Å². The molecule has 7 heteroatoms. The van der Waals surface area contributed by atoms with E-state index >= 15 is 0 Å². The third kappa shape index (κ3) is 4.13. The van der Waals surface area contributed by atoms with Gasteiger partial charge in [-0.05, 0) is 46.7 Å². The molecule has 0 spiro atoms. The Hall–Kier alpha value is -0.730. The van der Waals surface area contributed by atoms with Crippen molar-refractivity contribution < 1.29 is 8.42 Å². The first kappa shape index (κ1) is 15.7. The van der Waals surface area contributed by atoms with Crippen LogP contribution in [-0.4, -0.2) is 15.5 Å². The van der Waals surface area contributed by atoms with Crippen molar-refractivity contribution in [2.45, 2.75) is 18.0 Å². The van der Waals surface area contributed by atoms with Gasteiger partial charge in [-0.25, -0.2) is 13.1 Å². The highest BCUT2D eigenvalue weighted by molar-refractivity contribution is 9.10. The van der Waals surface area contributed by atoms with Gasteiger partial charge in [0, 0.05) is 27.8 Å². The summed E-state index contributed by atoms with van der Waals surface area (Å²) in [6.45, 7) is 1.02. The maximum atomic E-state index is 12.1. The van der Waals surface area contributed by atoms with E-state index < -0.39 is 10.0 Å². The van der Waals surface area contributed by atoms with Crippen LogP contribution in [0.2, 0.25) is 0 Å². The first-order chi connectivity index (χ1) is 9.51. The Bertz CT molecular complexity index is 666. The lowest BCUT2D eigenvalue weighted by molar-refractivity contribution is 0.581. The van der Waals surface area contributed by atoms with Crippen molar-refractivity contribution in [1.82, 2.24) is 10.0 Å². The van der Waals surface area contributed by atoms with Crippen LogP contribution in [0.4, 0.5) is 0 Å². The summed E-state index contributed by atoms with van der Waals surface area (Å²) >= 11 is 4.86. The molecule has 0 saturated heterocycles. The Kier molecular flexibility index (Phi) is 5.34. The van der Waals surface area contributed by atoms with Gasteiger partial charge in [-0.3, -0.25) is 0 Å². The fourth-order valence-electron chi connectivity index (χ4n) is 1.69. The molecule has 0 radical (unpaired) electrons. The van der Waals surface area contributed by atoms with Gasteiger partial charge in [0.15, 0.2) is 0 Å². The van der Waals surface area contributed by atoms with Gasteiger partial charge in [0.25, 0.3) is 0 Å². The van der Waals surface area contributed by atoms with Crippen LogP contribution < -0.4 is 10.0 Å². The van der Waals surface area contributed by atoms with E-state index in [0.717, 1.165) is 21.5 Å². The van der Waals surface area contributed by atoms with Crippen molar-refractivity contribution in [1.29, 1.82) is 0 Å². The lowest BCUT2D eigenvalue weighted by atomic mass is 10.2. The number of hydrogen-bond acceptors (Lipinski definition) is 4. The number of rotatable bonds is 6. The summed E-state index contributed by atoms with van der Waals surface area (Å²) in [7, 11) is -1.61. The van der Waals surface area contributed by atoms with E-state index in [-0.39, 0.29) is 4.90 Å². The van der Waals surface area contributed by atoms with Crippen LogP contribution >= 0.6 is 27.3 Å². The van der Waals surface area contributed by atoms with Crippen molar-refractivity contribution in [3.63, 3.8) is 0 Å². The van der Waals surface area contributed by atoms with Crippen molar-refractivity contribution in [2.24, 2.45) is 0 Å². The number of sulfonamides is 1. The first-order valence-corrected chi connectivity index (χ1v) is 9.13. The second-order valence-electron chi connectivity index (χ2n) is 4.23. The van der Waals surface area contributed by atoms with Crippen LogP contribution in [0, 0.1) is 0 Å². The second-order valence-corrected chi connectivity index (χ2v) is 7.91. The minimum atomic E-state index is -3.46. The van der Waals surface area contributed by atoms with Gasteiger partial charge in [-0.1, -0.05) is 12.1 Å². The maximum absolute atomic E-state index is 12.1. The van der Waals surface area contributed by atoms with Crippen molar-refractivity contribution in [3.05, 3.63) is 50.6 Å². The maximum Gasteiger partial charge on any atom is 0.240 e. The molecule has 0 fully saturated rings. The van der Waals surface area contributed by atoms with Crippen molar-refractivity contribution in [3.8, 4) is 0 Å². The van der Waals surface area contributed by atoms with Gasteiger partial charge in [0.1, 0.15) is 0 Å². The molecule has 2 rings (SSSR count). The molecule has 0 saturated carbocycles. The lowest BCUT2D eigenvalue weighted by Gasteiger charge is -2.07. The number of halogens is 1. The number of nitrogens with one attached hydrogen (secondary N) is 2. The lowest BCUT2D eigenvalue weighted by Crippen LogP contribution is -2.22. The van der Waals surface area contributed by atoms with E-state index in [4.69, 9.17) is 0 Å². The minimum Gasteiger partial charge on any atom is -0.316 e. The third-order valence-corrected chi connectivity index (χ3v) is 5.79. The van der Waals surface area contributed by atoms with Gasteiger partial charge in [0.2, 0.25) is 10.0 Å². The van der Waals surface area contributed by atoms with E-state index in [1.54, 1.807) is 12.1 Å². The van der Waals surface area contributed by atoms with Crippen LogP contribution in [0.25, 0.3) is 0 Å². The summed E-state index contributed by atoms with van der Waals surface area (Å²) in [5.41, 5.74) is 1.05. The fourth-order valence-corrected chi connectivity index (χ4v) is 4.18. The standard InChI is InChI=1S/C13H15BrN2O2S2/c1-15-7-10-2-4-13(5-3-10)20(17,18)16-8-12-6-11(14)9-19-12/h2-6,9,15-16H,7-8H2,1H3. The Labute approximate surface area is 131 Å². The average Bonchev–Trinajstić information content (AvgIpc) is 2.84. The molecule has 0 aliphatic heterocycles. The zero-order valence-corrected chi connectivity index (χ0v) is 14.1. The molecule has 0 bridgehead atoms. The van der Waals surface area contributed by atoms with E-state index in [0.29, 0.717) is 6.54 Å². The molecule has 0 unspecified atom stereocenters. The highest BCUT2D eigenvalue weighted by Crippen LogP contribution is 2.20. The average molecular weight is 375 g/mol. The molecule has 0 aliphatic rings. The molecule has 0 atom stereocenters. The molecule has 2 N–H and O–H groups in total. The number of thiophene rings is 1. The molecule has 1 heterocycles.